The van der Waals surface area contributed by atoms with E-state index in [0.29, 0.717) is 15.8 Å². The van der Waals surface area contributed by atoms with Gasteiger partial charge in [0.05, 0.1) is 28.5 Å². The highest BCUT2D eigenvalue weighted by molar-refractivity contribution is 7.80. The van der Waals surface area contributed by atoms with Crippen molar-refractivity contribution in [3.05, 3.63) is 106 Å². The lowest BCUT2D eigenvalue weighted by Gasteiger charge is -2.28. The van der Waals surface area contributed by atoms with Gasteiger partial charge in [0.1, 0.15) is 0 Å². The van der Waals surface area contributed by atoms with E-state index in [2.05, 4.69) is 72.1 Å². The summed E-state index contributed by atoms with van der Waals surface area (Å²) in [6.45, 7) is 12.3. The molecule has 1 aliphatic heterocycles. The number of halogens is 1. The molecule has 3 heterocycles. The van der Waals surface area contributed by atoms with Crippen LogP contribution in [0.15, 0.2) is 66.9 Å². The summed E-state index contributed by atoms with van der Waals surface area (Å²) < 4.78 is 2.32. The molecule has 0 unspecified atom stereocenters. The number of rotatable bonds is 6. The van der Waals surface area contributed by atoms with Gasteiger partial charge in [-0.3, -0.25) is 9.78 Å². The molecule has 0 bridgehead atoms. The average molecular weight is 572 g/mol. The zero-order valence-corrected chi connectivity index (χ0v) is 25.2. The molecule has 0 spiro atoms. The SMILES string of the molecule is Cc1cccc(-n2c(C)cc([C@H]3[C@H](c4ccccn4)NC(=S)N3c3ccc(NC(=O)C(C)C)c(Cl)c3)c2C)c1C. The summed E-state index contributed by atoms with van der Waals surface area (Å²) in [5.74, 6) is -0.234. The zero-order valence-electron chi connectivity index (χ0n) is 23.6. The van der Waals surface area contributed by atoms with Gasteiger partial charge in [-0.2, -0.15) is 0 Å². The minimum atomic E-state index is -0.181. The maximum atomic E-state index is 12.3. The molecule has 1 aliphatic rings. The van der Waals surface area contributed by atoms with Crippen LogP contribution in [0.5, 0.6) is 0 Å². The number of carbonyl (C=O) groups excluding carboxylic acids is 1. The molecular weight excluding hydrogens is 538 g/mol. The van der Waals surface area contributed by atoms with Gasteiger partial charge in [0.15, 0.2) is 5.11 Å². The van der Waals surface area contributed by atoms with E-state index >= 15 is 0 Å². The maximum absolute atomic E-state index is 12.3. The molecule has 2 atom stereocenters. The van der Waals surface area contributed by atoms with Gasteiger partial charge in [0, 0.05) is 34.9 Å². The number of thiocarbonyl (C=S) groups is 1. The second-order valence-corrected chi connectivity index (χ2v) is 11.5. The largest absolute Gasteiger partial charge is 0.351 e. The highest BCUT2D eigenvalue weighted by Crippen LogP contribution is 2.45. The number of carbonyl (C=O) groups is 1. The third-order valence-electron chi connectivity index (χ3n) is 7.72. The summed E-state index contributed by atoms with van der Waals surface area (Å²) in [6.07, 6.45) is 1.81. The third-order valence-corrected chi connectivity index (χ3v) is 8.34. The van der Waals surface area contributed by atoms with E-state index < -0.39 is 0 Å². The monoisotopic (exact) mass is 571 g/mol. The zero-order chi connectivity index (χ0) is 28.7. The summed E-state index contributed by atoms with van der Waals surface area (Å²) in [4.78, 5) is 19.1. The number of benzene rings is 2. The molecule has 0 saturated carbocycles. The van der Waals surface area contributed by atoms with Crippen LogP contribution in [0.2, 0.25) is 5.02 Å². The van der Waals surface area contributed by atoms with Crippen molar-refractivity contribution in [1.29, 1.82) is 0 Å². The van der Waals surface area contributed by atoms with E-state index in [1.807, 2.05) is 56.4 Å². The predicted octanol–water partition coefficient (Wildman–Crippen LogP) is 7.53. The lowest BCUT2D eigenvalue weighted by Crippen LogP contribution is -2.29. The van der Waals surface area contributed by atoms with Crippen molar-refractivity contribution in [2.24, 2.45) is 5.92 Å². The van der Waals surface area contributed by atoms with E-state index in [9.17, 15) is 4.79 Å². The highest BCUT2D eigenvalue weighted by Gasteiger charge is 2.42. The van der Waals surface area contributed by atoms with E-state index in [1.54, 1.807) is 0 Å². The molecule has 8 heteroatoms. The van der Waals surface area contributed by atoms with E-state index in [-0.39, 0.29) is 23.9 Å². The molecule has 0 radical (unpaired) electrons. The Morgan fingerprint density at radius 1 is 1.05 bits per heavy atom. The minimum Gasteiger partial charge on any atom is -0.351 e. The molecule has 2 aromatic heterocycles. The van der Waals surface area contributed by atoms with E-state index in [4.69, 9.17) is 28.8 Å². The van der Waals surface area contributed by atoms with Gasteiger partial charge in [0.25, 0.3) is 0 Å². The number of amides is 1. The third kappa shape index (κ3) is 5.00. The quantitative estimate of drug-likeness (QED) is 0.234. The van der Waals surface area contributed by atoms with Crippen molar-refractivity contribution in [1.82, 2.24) is 14.9 Å². The molecule has 1 amide bonds. The fraction of sp³-hybridized carbons (Fsp3) is 0.281. The first-order valence-corrected chi connectivity index (χ1v) is 14.2. The molecular formula is C32H34ClN5OS. The van der Waals surface area contributed by atoms with Gasteiger partial charge in [-0.1, -0.05) is 43.6 Å². The highest BCUT2D eigenvalue weighted by atomic mass is 35.5. The topological polar surface area (TPSA) is 62.2 Å². The number of pyridine rings is 1. The molecule has 5 rings (SSSR count). The second-order valence-electron chi connectivity index (χ2n) is 10.7. The predicted molar refractivity (Wildman–Crippen MR) is 168 cm³/mol. The molecule has 1 saturated heterocycles. The summed E-state index contributed by atoms with van der Waals surface area (Å²) in [7, 11) is 0. The summed E-state index contributed by atoms with van der Waals surface area (Å²) in [6, 6.07) is 19.9. The van der Waals surface area contributed by atoms with Crippen LogP contribution in [0.3, 0.4) is 0 Å². The van der Waals surface area contributed by atoms with E-state index in [0.717, 1.165) is 28.3 Å². The fourth-order valence-electron chi connectivity index (χ4n) is 5.42. The average Bonchev–Trinajstić information content (AvgIpc) is 3.42. The van der Waals surface area contributed by atoms with Crippen molar-refractivity contribution >= 4 is 46.2 Å². The molecule has 6 nitrogen and oxygen atoms in total. The van der Waals surface area contributed by atoms with Crippen LogP contribution >= 0.6 is 23.8 Å². The molecule has 206 valence electrons. The van der Waals surface area contributed by atoms with Gasteiger partial charge in [0.2, 0.25) is 5.91 Å². The first kappa shape index (κ1) is 27.9. The fourth-order valence-corrected chi connectivity index (χ4v) is 5.98. The number of nitrogens with one attached hydrogen (secondary N) is 2. The van der Waals surface area contributed by atoms with Gasteiger partial charge in [-0.15, -0.1) is 0 Å². The molecule has 2 N–H and O–H groups in total. The van der Waals surface area contributed by atoms with Gasteiger partial charge in [-0.05, 0) is 99.1 Å². The smallest absolute Gasteiger partial charge is 0.226 e. The Morgan fingerprint density at radius 2 is 1.82 bits per heavy atom. The Balaban J connectivity index is 1.64. The Labute approximate surface area is 246 Å². The Kier molecular flexibility index (Phi) is 7.71. The number of anilines is 2. The van der Waals surface area contributed by atoms with Crippen LogP contribution in [0, 0.1) is 33.6 Å². The number of aromatic nitrogens is 2. The molecule has 1 fully saturated rings. The standard InChI is InChI=1S/C32H34ClN5OS/c1-18(2)31(39)35-26-14-13-23(17-25(26)33)38-30(29(36-32(38)40)27-11-7-8-15-34-27)24-16-20(4)37(22(24)6)28-12-9-10-19(3)21(28)5/h7-18,29-30H,1-6H3,(H,35,39)(H,36,40)/t29-,30-/m0/s1. The van der Waals surface area contributed by atoms with Crippen molar-refractivity contribution in [3.63, 3.8) is 0 Å². The second kappa shape index (κ2) is 11.1. The molecule has 4 aromatic rings. The minimum absolute atomic E-state index is 0.0833. The van der Waals surface area contributed by atoms with Crippen molar-refractivity contribution < 1.29 is 4.79 Å². The molecule has 40 heavy (non-hydrogen) atoms. The first-order chi connectivity index (χ1) is 19.1. The number of aryl methyl sites for hydroxylation is 2. The van der Waals surface area contributed by atoms with Crippen molar-refractivity contribution in [2.75, 3.05) is 10.2 Å². The van der Waals surface area contributed by atoms with Gasteiger partial charge < -0.3 is 20.1 Å². The van der Waals surface area contributed by atoms with Crippen LogP contribution in [0.1, 0.15) is 59.7 Å². The van der Waals surface area contributed by atoms with Crippen molar-refractivity contribution in [2.45, 2.75) is 53.6 Å². The van der Waals surface area contributed by atoms with Crippen molar-refractivity contribution in [3.8, 4) is 5.69 Å². The number of hydrogen-bond donors (Lipinski definition) is 2. The van der Waals surface area contributed by atoms with Crippen LogP contribution in [-0.4, -0.2) is 20.6 Å². The van der Waals surface area contributed by atoms with Gasteiger partial charge >= 0.3 is 0 Å². The summed E-state index contributed by atoms with van der Waals surface area (Å²) in [5, 5.41) is 7.49. The van der Waals surface area contributed by atoms with Crippen LogP contribution < -0.4 is 15.5 Å². The molecule has 2 aromatic carbocycles. The van der Waals surface area contributed by atoms with Crippen LogP contribution in [-0.2, 0) is 4.79 Å². The summed E-state index contributed by atoms with van der Waals surface area (Å²) in [5.41, 5.74) is 9.42. The normalized spacial score (nSPS) is 16.9. The number of nitrogens with zero attached hydrogens (tertiary/aromatic N) is 3. The first-order valence-electron chi connectivity index (χ1n) is 13.4. The Hall–Kier alpha value is -3.68. The number of hydrogen-bond acceptors (Lipinski definition) is 3. The molecule has 0 aliphatic carbocycles. The lowest BCUT2D eigenvalue weighted by atomic mass is 9.96. The Morgan fingerprint density at radius 3 is 2.50 bits per heavy atom. The lowest BCUT2D eigenvalue weighted by molar-refractivity contribution is -0.118. The van der Waals surface area contributed by atoms with Gasteiger partial charge in [-0.25, -0.2) is 0 Å². The van der Waals surface area contributed by atoms with Crippen LogP contribution in [0.25, 0.3) is 5.69 Å². The maximum Gasteiger partial charge on any atom is 0.226 e. The van der Waals surface area contributed by atoms with E-state index in [1.165, 1.54) is 16.8 Å². The van der Waals surface area contributed by atoms with Crippen LogP contribution in [0.4, 0.5) is 11.4 Å². The summed E-state index contributed by atoms with van der Waals surface area (Å²) >= 11 is 12.6. The Bertz CT molecular complexity index is 1600.